The summed E-state index contributed by atoms with van der Waals surface area (Å²) in [6, 6.07) is 6.20. The summed E-state index contributed by atoms with van der Waals surface area (Å²) in [6.07, 6.45) is 2.13. The van der Waals surface area contributed by atoms with Crippen LogP contribution in [-0.2, 0) is 9.59 Å². The Balaban J connectivity index is 2.45. The maximum atomic E-state index is 11.4. The molecule has 0 aliphatic carbocycles. The lowest BCUT2D eigenvalue weighted by Gasteiger charge is -2.09. The zero-order valence-electron chi connectivity index (χ0n) is 10.9. The number of aromatic hydroxyl groups is 1. The average molecular weight is 263 g/mol. The molecule has 3 N–H and O–H groups in total. The molecule has 1 atom stereocenters. The largest absolute Gasteiger partial charge is 0.508 e. The zero-order chi connectivity index (χ0) is 14.3. The molecule has 2 amide bonds. The lowest BCUT2D eigenvalue weighted by molar-refractivity contribution is -0.139. The van der Waals surface area contributed by atoms with E-state index in [1.165, 1.54) is 18.3 Å². The van der Waals surface area contributed by atoms with E-state index >= 15 is 0 Å². The van der Waals surface area contributed by atoms with Crippen LogP contribution in [0.25, 0.3) is 0 Å². The third-order valence-corrected chi connectivity index (χ3v) is 2.47. The van der Waals surface area contributed by atoms with Gasteiger partial charge in [0.05, 0.1) is 6.21 Å². The number of amides is 2. The summed E-state index contributed by atoms with van der Waals surface area (Å²) in [4.78, 5) is 22.7. The van der Waals surface area contributed by atoms with Gasteiger partial charge in [-0.15, -0.1) is 0 Å². The van der Waals surface area contributed by atoms with E-state index < -0.39 is 11.8 Å². The fourth-order valence-electron chi connectivity index (χ4n) is 1.17. The van der Waals surface area contributed by atoms with Crippen LogP contribution in [0, 0.1) is 0 Å². The minimum Gasteiger partial charge on any atom is -0.508 e. The number of nitrogens with zero attached hydrogens (tertiary/aromatic N) is 1. The lowest BCUT2D eigenvalue weighted by atomic mass is 10.2. The number of hydrazone groups is 1. The van der Waals surface area contributed by atoms with Gasteiger partial charge in [0.25, 0.3) is 0 Å². The van der Waals surface area contributed by atoms with Crippen molar-refractivity contribution in [1.82, 2.24) is 10.7 Å². The van der Waals surface area contributed by atoms with E-state index in [1.54, 1.807) is 12.1 Å². The van der Waals surface area contributed by atoms with Crippen LogP contribution in [0.4, 0.5) is 0 Å². The number of rotatable bonds is 4. The van der Waals surface area contributed by atoms with Crippen molar-refractivity contribution in [2.24, 2.45) is 5.10 Å². The van der Waals surface area contributed by atoms with Crippen molar-refractivity contribution < 1.29 is 14.7 Å². The van der Waals surface area contributed by atoms with Crippen molar-refractivity contribution in [3.05, 3.63) is 29.8 Å². The maximum Gasteiger partial charge on any atom is 0.329 e. The summed E-state index contributed by atoms with van der Waals surface area (Å²) in [5, 5.41) is 15.3. The van der Waals surface area contributed by atoms with Crippen LogP contribution >= 0.6 is 0 Å². The summed E-state index contributed by atoms with van der Waals surface area (Å²) in [6.45, 7) is 3.72. The Kier molecular flexibility index (Phi) is 5.53. The van der Waals surface area contributed by atoms with E-state index in [9.17, 15) is 9.59 Å². The fourth-order valence-corrected chi connectivity index (χ4v) is 1.17. The first kappa shape index (κ1) is 14.7. The Morgan fingerprint density at radius 2 is 1.95 bits per heavy atom. The molecule has 0 bridgehead atoms. The van der Waals surface area contributed by atoms with Crippen LogP contribution in [0.3, 0.4) is 0 Å². The van der Waals surface area contributed by atoms with Crippen LogP contribution in [0.1, 0.15) is 25.8 Å². The summed E-state index contributed by atoms with van der Waals surface area (Å²) in [5.74, 6) is -1.37. The number of hydrogen-bond acceptors (Lipinski definition) is 4. The highest BCUT2D eigenvalue weighted by atomic mass is 16.3. The topological polar surface area (TPSA) is 90.8 Å². The second kappa shape index (κ2) is 7.15. The molecule has 19 heavy (non-hydrogen) atoms. The van der Waals surface area contributed by atoms with Crippen molar-refractivity contribution in [2.45, 2.75) is 26.3 Å². The quantitative estimate of drug-likeness (QED) is 0.425. The molecule has 1 aromatic rings. The highest BCUT2D eigenvalue weighted by Gasteiger charge is 2.14. The summed E-state index contributed by atoms with van der Waals surface area (Å²) >= 11 is 0. The van der Waals surface area contributed by atoms with E-state index in [0.29, 0.717) is 5.56 Å². The van der Waals surface area contributed by atoms with Crippen molar-refractivity contribution in [1.29, 1.82) is 0 Å². The first-order valence-electron chi connectivity index (χ1n) is 5.96. The van der Waals surface area contributed by atoms with Gasteiger partial charge in [-0.1, -0.05) is 6.92 Å². The molecule has 0 fully saturated rings. The van der Waals surface area contributed by atoms with Gasteiger partial charge in [-0.3, -0.25) is 9.59 Å². The summed E-state index contributed by atoms with van der Waals surface area (Å²) in [7, 11) is 0. The second-order valence-electron chi connectivity index (χ2n) is 4.07. The normalized spacial score (nSPS) is 12.1. The molecule has 0 aliphatic rings. The van der Waals surface area contributed by atoms with E-state index in [1.807, 2.05) is 13.8 Å². The summed E-state index contributed by atoms with van der Waals surface area (Å²) in [5.41, 5.74) is 2.83. The lowest BCUT2D eigenvalue weighted by Crippen LogP contribution is -2.41. The van der Waals surface area contributed by atoms with E-state index in [4.69, 9.17) is 5.11 Å². The van der Waals surface area contributed by atoms with Gasteiger partial charge in [-0.25, -0.2) is 5.43 Å². The Hall–Kier alpha value is -2.37. The SMILES string of the molecule is CC[C@@H](C)NC(=O)C(=O)N/N=C/c1ccc(O)cc1. The van der Waals surface area contributed by atoms with Gasteiger partial charge in [0.2, 0.25) is 0 Å². The number of carbonyl (C=O) groups is 2. The Bertz CT molecular complexity index is 469. The molecule has 1 aromatic carbocycles. The van der Waals surface area contributed by atoms with Gasteiger partial charge in [-0.2, -0.15) is 5.10 Å². The van der Waals surface area contributed by atoms with Gasteiger partial charge in [-0.05, 0) is 43.2 Å². The number of phenols is 1. The van der Waals surface area contributed by atoms with Crippen LogP contribution in [-0.4, -0.2) is 29.2 Å². The summed E-state index contributed by atoms with van der Waals surface area (Å²) < 4.78 is 0. The zero-order valence-corrected chi connectivity index (χ0v) is 10.9. The second-order valence-corrected chi connectivity index (χ2v) is 4.07. The third kappa shape index (κ3) is 5.20. The predicted molar refractivity (Wildman–Crippen MR) is 71.7 cm³/mol. The van der Waals surface area contributed by atoms with Crippen LogP contribution in [0.2, 0.25) is 0 Å². The average Bonchev–Trinajstić information content (AvgIpc) is 2.40. The van der Waals surface area contributed by atoms with Gasteiger partial charge in [0, 0.05) is 6.04 Å². The van der Waals surface area contributed by atoms with Gasteiger partial charge < -0.3 is 10.4 Å². The molecule has 0 radical (unpaired) electrons. The molecular weight excluding hydrogens is 246 g/mol. The molecule has 0 heterocycles. The smallest absolute Gasteiger partial charge is 0.329 e. The van der Waals surface area contributed by atoms with E-state index in [0.717, 1.165) is 6.42 Å². The first-order chi connectivity index (χ1) is 9.02. The predicted octanol–water partition coefficient (Wildman–Crippen LogP) is 0.757. The Labute approximate surface area is 111 Å². The maximum absolute atomic E-state index is 11.4. The standard InChI is InChI=1S/C13H17N3O3/c1-3-9(2)15-12(18)13(19)16-14-8-10-4-6-11(17)7-5-10/h4-9,17H,3H2,1-2H3,(H,15,18)(H,16,19)/b14-8+/t9-/m1/s1. The molecule has 0 saturated heterocycles. The minimum atomic E-state index is -0.810. The number of hydrogen-bond donors (Lipinski definition) is 3. The first-order valence-corrected chi connectivity index (χ1v) is 5.96. The number of phenolic OH excluding ortho intramolecular Hbond substituents is 1. The van der Waals surface area contributed by atoms with E-state index in [2.05, 4.69) is 15.8 Å². The van der Waals surface area contributed by atoms with Crippen molar-refractivity contribution >= 4 is 18.0 Å². The molecule has 1 rings (SSSR count). The van der Waals surface area contributed by atoms with E-state index in [-0.39, 0.29) is 11.8 Å². The molecule has 0 aliphatic heterocycles. The highest BCUT2D eigenvalue weighted by molar-refractivity contribution is 6.35. The minimum absolute atomic E-state index is 0.0562. The van der Waals surface area contributed by atoms with Gasteiger partial charge in [0.1, 0.15) is 5.75 Å². The third-order valence-electron chi connectivity index (χ3n) is 2.47. The molecule has 6 nitrogen and oxygen atoms in total. The molecule has 6 heteroatoms. The highest BCUT2D eigenvalue weighted by Crippen LogP contribution is 2.07. The van der Waals surface area contributed by atoms with Gasteiger partial charge >= 0.3 is 11.8 Å². The Morgan fingerprint density at radius 1 is 1.32 bits per heavy atom. The monoisotopic (exact) mass is 263 g/mol. The van der Waals surface area contributed by atoms with Crippen LogP contribution in [0.15, 0.2) is 29.4 Å². The number of nitrogens with one attached hydrogen (secondary N) is 2. The molecular formula is C13H17N3O3. The molecule has 0 spiro atoms. The fraction of sp³-hybridized carbons (Fsp3) is 0.308. The van der Waals surface area contributed by atoms with Crippen molar-refractivity contribution in [3.63, 3.8) is 0 Å². The van der Waals surface area contributed by atoms with Crippen molar-refractivity contribution in [2.75, 3.05) is 0 Å². The number of benzene rings is 1. The van der Waals surface area contributed by atoms with Gasteiger partial charge in [0.15, 0.2) is 0 Å². The van der Waals surface area contributed by atoms with Crippen LogP contribution < -0.4 is 10.7 Å². The molecule has 0 unspecified atom stereocenters. The van der Waals surface area contributed by atoms with Crippen LogP contribution in [0.5, 0.6) is 5.75 Å². The number of carbonyl (C=O) groups excluding carboxylic acids is 2. The van der Waals surface area contributed by atoms with Crippen molar-refractivity contribution in [3.8, 4) is 5.75 Å². The molecule has 0 aromatic heterocycles. The Morgan fingerprint density at radius 3 is 2.53 bits per heavy atom. The molecule has 0 saturated carbocycles. The molecule has 102 valence electrons.